The summed E-state index contributed by atoms with van der Waals surface area (Å²) in [5, 5.41) is 3.13. The van der Waals surface area contributed by atoms with E-state index < -0.39 is 0 Å². The van der Waals surface area contributed by atoms with Crippen molar-refractivity contribution in [1.29, 1.82) is 0 Å². The van der Waals surface area contributed by atoms with Crippen molar-refractivity contribution in [3.05, 3.63) is 28.2 Å². The number of anilines is 1. The molecule has 4 nitrogen and oxygen atoms in total. The number of carbonyl (C=O) groups excluding carboxylic acids is 2. The Kier molecular flexibility index (Phi) is 6.43. The van der Waals surface area contributed by atoms with Crippen LogP contribution in [0.15, 0.2) is 22.7 Å². The Morgan fingerprint density at radius 1 is 1.50 bits per heavy atom. The average Bonchev–Trinajstić information content (AvgIpc) is 2.36. The summed E-state index contributed by atoms with van der Waals surface area (Å²) < 4.78 is 5.69. The number of nitrogens with one attached hydrogen (secondary N) is 1. The minimum atomic E-state index is -0.189. The fourth-order valence-electron chi connectivity index (χ4n) is 1.48. The fraction of sp³-hybridized carbons (Fsp3) is 0.385. The van der Waals surface area contributed by atoms with Crippen LogP contribution in [0.1, 0.15) is 30.1 Å². The van der Waals surface area contributed by atoms with Gasteiger partial charge in [-0.3, -0.25) is 9.59 Å². The summed E-state index contributed by atoms with van der Waals surface area (Å²) in [6, 6.07) is 5.44. The van der Waals surface area contributed by atoms with Gasteiger partial charge in [0.1, 0.15) is 0 Å². The molecule has 18 heavy (non-hydrogen) atoms. The Hall–Kier alpha value is -1.36. The second-order valence-corrected chi connectivity index (χ2v) is 4.60. The number of ether oxygens (including phenoxy) is 1. The van der Waals surface area contributed by atoms with Gasteiger partial charge >= 0.3 is 5.97 Å². The van der Waals surface area contributed by atoms with Gasteiger partial charge in [0.15, 0.2) is 6.29 Å². The molecule has 0 heterocycles. The number of rotatable bonds is 7. The van der Waals surface area contributed by atoms with Crippen molar-refractivity contribution in [1.82, 2.24) is 0 Å². The van der Waals surface area contributed by atoms with Crippen molar-refractivity contribution in [3.8, 4) is 0 Å². The molecule has 0 aromatic heterocycles. The van der Waals surface area contributed by atoms with E-state index in [1.165, 1.54) is 0 Å². The van der Waals surface area contributed by atoms with Crippen molar-refractivity contribution in [3.63, 3.8) is 0 Å². The van der Waals surface area contributed by atoms with E-state index >= 15 is 0 Å². The highest BCUT2D eigenvalue weighted by Crippen LogP contribution is 2.19. The summed E-state index contributed by atoms with van der Waals surface area (Å²) >= 11 is 3.31. The number of halogens is 1. The third kappa shape index (κ3) is 4.87. The van der Waals surface area contributed by atoms with Crippen molar-refractivity contribution in [2.24, 2.45) is 0 Å². The van der Waals surface area contributed by atoms with Gasteiger partial charge in [0.05, 0.1) is 6.61 Å². The zero-order chi connectivity index (χ0) is 13.4. The van der Waals surface area contributed by atoms with Gasteiger partial charge in [-0.1, -0.05) is 15.9 Å². The highest BCUT2D eigenvalue weighted by molar-refractivity contribution is 9.10. The van der Waals surface area contributed by atoms with E-state index in [2.05, 4.69) is 21.2 Å². The predicted molar refractivity (Wildman–Crippen MR) is 73.9 cm³/mol. The normalized spacial score (nSPS) is 9.89. The van der Waals surface area contributed by atoms with Crippen LogP contribution in [0.4, 0.5) is 5.69 Å². The number of hydrogen-bond acceptors (Lipinski definition) is 4. The highest BCUT2D eigenvalue weighted by atomic mass is 79.9. The van der Waals surface area contributed by atoms with Gasteiger partial charge in [-0.05, 0) is 31.5 Å². The molecule has 0 saturated carbocycles. The third-order valence-corrected chi connectivity index (χ3v) is 2.81. The molecule has 1 N–H and O–H groups in total. The third-order valence-electron chi connectivity index (χ3n) is 2.32. The van der Waals surface area contributed by atoms with Crippen LogP contribution in [-0.4, -0.2) is 25.4 Å². The van der Waals surface area contributed by atoms with Gasteiger partial charge in [-0.25, -0.2) is 0 Å². The van der Waals surface area contributed by atoms with Gasteiger partial charge in [-0.15, -0.1) is 0 Å². The minimum Gasteiger partial charge on any atom is -0.466 e. The van der Waals surface area contributed by atoms with Crippen molar-refractivity contribution >= 4 is 33.9 Å². The standard InChI is InChI=1S/C13H16BrNO3/c1-2-18-13(17)4-3-7-15-12-6-5-11(14)8-10(12)9-16/h5-6,8-9,15H,2-4,7H2,1H3. The Bertz CT molecular complexity index is 421. The van der Waals surface area contributed by atoms with Crippen LogP contribution < -0.4 is 5.32 Å². The van der Waals surface area contributed by atoms with Crippen LogP contribution >= 0.6 is 15.9 Å². The molecule has 1 rings (SSSR count). The molecule has 0 atom stereocenters. The molecule has 1 aromatic rings. The molecule has 0 aliphatic rings. The number of benzene rings is 1. The molecule has 0 spiro atoms. The number of aldehydes is 1. The lowest BCUT2D eigenvalue weighted by molar-refractivity contribution is -0.143. The zero-order valence-electron chi connectivity index (χ0n) is 10.2. The van der Waals surface area contributed by atoms with Crippen LogP contribution in [0, 0.1) is 0 Å². The molecule has 0 saturated heterocycles. The lowest BCUT2D eigenvalue weighted by Gasteiger charge is -2.08. The zero-order valence-corrected chi connectivity index (χ0v) is 11.8. The van der Waals surface area contributed by atoms with Crippen molar-refractivity contribution in [2.75, 3.05) is 18.5 Å². The van der Waals surface area contributed by atoms with Gasteiger partial charge in [-0.2, -0.15) is 0 Å². The first-order valence-electron chi connectivity index (χ1n) is 5.81. The SMILES string of the molecule is CCOC(=O)CCCNc1ccc(Br)cc1C=O. The average molecular weight is 314 g/mol. The van der Waals surface area contributed by atoms with E-state index in [4.69, 9.17) is 4.74 Å². The largest absolute Gasteiger partial charge is 0.466 e. The molecule has 1 aromatic carbocycles. The van der Waals surface area contributed by atoms with Crippen molar-refractivity contribution < 1.29 is 14.3 Å². The van der Waals surface area contributed by atoms with E-state index in [1.807, 2.05) is 12.1 Å². The fourth-order valence-corrected chi connectivity index (χ4v) is 1.86. The molecule has 0 unspecified atom stereocenters. The van der Waals surface area contributed by atoms with E-state index in [0.29, 0.717) is 31.6 Å². The van der Waals surface area contributed by atoms with Crippen LogP contribution in [0.25, 0.3) is 0 Å². The summed E-state index contributed by atoms with van der Waals surface area (Å²) in [5.41, 5.74) is 1.37. The molecule has 0 amide bonds. The molecule has 0 aliphatic carbocycles. The molecule has 0 aliphatic heterocycles. The maximum Gasteiger partial charge on any atom is 0.305 e. The summed E-state index contributed by atoms with van der Waals surface area (Å²) in [6.45, 7) is 2.82. The first-order chi connectivity index (χ1) is 8.67. The van der Waals surface area contributed by atoms with Gasteiger partial charge in [0.2, 0.25) is 0 Å². The first-order valence-corrected chi connectivity index (χ1v) is 6.61. The second kappa shape index (κ2) is 7.87. The second-order valence-electron chi connectivity index (χ2n) is 3.68. The summed E-state index contributed by atoms with van der Waals surface area (Å²) in [6.07, 6.45) is 1.86. The molecule has 98 valence electrons. The predicted octanol–water partition coefficient (Wildman–Crippen LogP) is 3.02. The number of esters is 1. The lowest BCUT2D eigenvalue weighted by atomic mass is 10.2. The highest BCUT2D eigenvalue weighted by Gasteiger charge is 2.03. The lowest BCUT2D eigenvalue weighted by Crippen LogP contribution is -2.09. The minimum absolute atomic E-state index is 0.189. The van der Waals surface area contributed by atoms with E-state index in [1.54, 1.807) is 13.0 Å². The molecule has 0 fully saturated rings. The van der Waals surface area contributed by atoms with Crippen LogP contribution in [0.5, 0.6) is 0 Å². The molecular weight excluding hydrogens is 298 g/mol. The van der Waals surface area contributed by atoms with Gasteiger partial charge < -0.3 is 10.1 Å². The van der Waals surface area contributed by atoms with Crippen LogP contribution in [-0.2, 0) is 9.53 Å². The van der Waals surface area contributed by atoms with E-state index in [-0.39, 0.29) is 5.97 Å². The maximum absolute atomic E-state index is 11.1. The van der Waals surface area contributed by atoms with Crippen LogP contribution in [0.3, 0.4) is 0 Å². The summed E-state index contributed by atoms with van der Waals surface area (Å²) in [4.78, 5) is 22.0. The molecular formula is C13H16BrNO3. The number of hydrogen-bond donors (Lipinski definition) is 1. The molecule has 5 heteroatoms. The van der Waals surface area contributed by atoms with Crippen LogP contribution in [0.2, 0.25) is 0 Å². The van der Waals surface area contributed by atoms with Gasteiger partial charge in [0, 0.05) is 28.7 Å². The summed E-state index contributed by atoms with van der Waals surface area (Å²) in [7, 11) is 0. The smallest absolute Gasteiger partial charge is 0.305 e. The Labute approximate surface area is 115 Å². The molecule has 0 radical (unpaired) electrons. The summed E-state index contributed by atoms with van der Waals surface area (Å²) in [5.74, 6) is -0.189. The molecule has 0 bridgehead atoms. The van der Waals surface area contributed by atoms with Gasteiger partial charge in [0.25, 0.3) is 0 Å². The Morgan fingerprint density at radius 2 is 2.28 bits per heavy atom. The van der Waals surface area contributed by atoms with E-state index in [9.17, 15) is 9.59 Å². The quantitative estimate of drug-likeness (QED) is 0.477. The van der Waals surface area contributed by atoms with E-state index in [0.717, 1.165) is 16.4 Å². The maximum atomic E-state index is 11.1. The monoisotopic (exact) mass is 313 g/mol. The Balaban J connectivity index is 2.39. The topological polar surface area (TPSA) is 55.4 Å². The first kappa shape index (κ1) is 14.7. The Morgan fingerprint density at radius 3 is 2.94 bits per heavy atom. The van der Waals surface area contributed by atoms with Crippen molar-refractivity contribution in [2.45, 2.75) is 19.8 Å². The number of carbonyl (C=O) groups is 2.